The minimum atomic E-state index is -3.78. The fourth-order valence-corrected chi connectivity index (χ4v) is 4.18. The summed E-state index contributed by atoms with van der Waals surface area (Å²) in [6, 6.07) is 25.6. The van der Waals surface area contributed by atoms with Gasteiger partial charge in [0.25, 0.3) is 10.0 Å². The van der Waals surface area contributed by atoms with Crippen molar-refractivity contribution in [3.63, 3.8) is 0 Å². The van der Waals surface area contributed by atoms with Gasteiger partial charge in [0, 0.05) is 10.9 Å². The molecule has 0 spiro atoms. The molecule has 5 nitrogen and oxygen atoms in total. The number of hydrogen-bond acceptors (Lipinski definition) is 3. The average molecular weight is 424 g/mol. The molecular weight excluding hydrogens is 406 g/mol. The van der Waals surface area contributed by atoms with Crippen LogP contribution in [-0.4, -0.2) is 32.0 Å². The number of benzene rings is 3. The summed E-state index contributed by atoms with van der Waals surface area (Å²) in [4.78, 5) is 0.150. The highest BCUT2D eigenvalue weighted by molar-refractivity contribution is 7.90. The van der Waals surface area contributed by atoms with E-state index in [2.05, 4.69) is 9.50 Å². The molecule has 146 valence electrons. The number of rotatable bonds is 5. The highest BCUT2D eigenvalue weighted by Gasteiger charge is 2.29. The Morgan fingerprint density at radius 2 is 1.55 bits per heavy atom. The number of halogens is 1. The molecule has 0 aliphatic carbocycles. The molecular formula is C22H18ClN3O2S. The van der Waals surface area contributed by atoms with Crippen molar-refractivity contribution in [1.29, 1.82) is 0 Å². The summed E-state index contributed by atoms with van der Waals surface area (Å²) >= 11 is 6.02. The molecule has 0 saturated carbocycles. The highest BCUT2D eigenvalue weighted by Crippen LogP contribution is 2.28. The van der Waals surface area contributed by atoms with Gasteiger partial charge in [0.1, 0.15) is 6.34 Å². The Balaban J connectivity index is 1.65. The number of hydrogen-bond donors (Lipinski definition) is 0. The molecule has 1 aliphatic rings. The summed E-state index contributed by atoms with van der Waals surface area (Å²) < 4.78 is 28.7. The maximum atomic E-state index is 12.4. The van der Waals surface area contributed by atoms with E-state index < -0.39 is 10.0 Å². The van der Waals surface area contributed by atoms with Gasteiger partial charge >= 0.3 is 0 Å². The largest absolute Gasteiger partial charge is 0.283 e. The van der Waals surface area contributed by atoms with Gasteiger partial charge in [0.05, 0.1) is 17.2 Å². The first-order chi connectivity index (χ1) is 14.0. The molecule has 29 heavy (non-hydrogen) atoms. The molecule has 0 amide bonds. The molecule has 0 aromatic heterocycles. The van der Waals surface area contributed by atoms with Crippen LogP contribution >= 0.6 is 11.6 Å². The van der Waals surface area contributed by atoms with Crippen molar-refractivity contribution in [1.82, 2.24) is 5.01 Å². The van der Waals surface area contributed by atoms with Gasteiger partial charge in [-0.15, -0.1) is 4.40 Å². The minimum Gasteiger partial charge on any atom is -0.252 e. The second-order valence-electron chi connectivity index (χ2n) is 6.59. The third-order valence-electron chi connectivity index (χ3n) is 4.64. The maximum absolute atomic E-state index is 12.4. The zero-order valence-electron chi connectivity index (χ0n) is 15.4. The predicted octanol–water partition coefficient (Wildman–Crippen LogP) is 4.56. The molecule has 0 fully saturated rings. The predicted molar refractivity (Wildman–Crippen MR) is 116 cm³/mol. The second-order valence-corrected chi connectivity index (χ2v) is 8.66. The molecule has 3 aromatic carbocycles. The van der Waals surface area contributed by atoms with E-state index in [9.17, 15) is 8.42 Å². The SMILES string of the molecule is O=S(=O)(/N=C/N1CC(c2ccccc2)C(c2ccc(Cl)cc2)=N1)c1ccccc1. The van der Waals surface area contributed by atoms with Gasteiger partial charge in [0.15, 0.2) is 0 Å². The summed E-state index contributed by atoms with van der Waals surface area (Å²) in [7, 11) is -3.78. The van der Waals surface area contributed by atoms with Crippen molar-refractivity contribution in [2.24, 2.45) is 9.50 Å². The lowest BCUT2D eigenvalue weighted by Crippen LogP contribution is -2.18. The molecule has 0 saturated heterocycles. The van der Waals surface area contributed by atoms with Crippen molar-refractivity contribution >= 4 is 33.7 Å². The smallest absolute Gasteiger partial charge is 0.252 e. The summed E-state index contributed by atoms with van der Waals surface area (Å²) in [5.41, 5.74) is 2.88. The normalized spacial score (nSPS) is 16.9. The van der Waals surface area contributed by atoms with Crippen molar-refractivity contribution in [2.45, 2.75) is 10.8 Å². The lowest BCUT2D eigenvalue weighted by Gasteiger charge is -2.13. The zero-order chi connectivity index (χ0) is 20.3. The van der Waals surface area contributed by atoms with E-state index >= 15 is 0 Å². The summed E-state index contributed by atoms with van der Waals surface area (Å²) in [6.45, 7) is 0.496. The lowest BCUT2D eigenvalue weighted by atomic mass is 9.91. The molecule has 0 bridgehead atoms. The Morgan fingerprint density at radius 3 is 2.21 bits per heavy atom. The maximum Gasteiger partial charge on any atom is 0.283 e. The van der Waals surface area contributed by atoms with E-state index in [-0.39, 0.29) is 10.8 Å². The van der Waals surface area contributed by atoms with Crippen molar-refractivity contribution in [3.8, 4) is 0 Å². The zero-order valence-corrected chi connectivity index (χ0v) is 17.0. The van der Waals surface area contributed by atoms with Gasteiger partial charge in [0.2, 0.25) is 0 Å². The van der Waals surface area contributed by atoms with E-state index in [4.69, 9.17) is 11.6 Å². The number of sulfonamides is 1. The van der Waals surface area contributed by atoms with Gasteiger partial charge < -0.3 is 0 Å². The van der Waals surface area contributed by atoms with Crippen LogP contribution in [0.15, 0.2) is 99.3 Å². The summed E-state index contributed by atoms with van der Waals surface area (Å²) in [5.74, 6) is -0.0109. The van der Waals surface area contributed by atoms with Gasteiger partial charge in [-0.2, -0.15) is 13.5 Å². The van der Waals surface area contributed by atoms with Gasteiger partial charge in [-0.25, -0.2) is 0 Å². The monoisotopic (exact) mass is 423 g/mol. The van der Waals surface area contributed by atoms with Gasteiger partial charge in [-0.05, 0) is 35.4 Å². The fraction of sp³-hybridized carbons (Fsp3) is 0.0909. The van der Waals surface area contributed by atoms with Crippen molar-refractivity contribution in [3.05, 3.63) is 101 Å². The average Bonchev–Trinajstić information content (AvgIpc) is 3.19. The van der Waals surface area contributed by atoms with Crippen molar-refractivity contribution in [2.75, 3.05) is 6.54 Å². The van der Waals surface area contributed by atoms with Crippen LogP contribution in [0.3, 0.4) is 0 Å². The van der Waals surface area contributed by atoms with Crippen molar-refractivity contribution < 1.29 is 8.42 Å². The van der Waals surface area contributed by atoms with Gasteiger partial charge in [-0.3, -0.25) is 5.01 Å². The Morgan fingerprint density at radius 1 is 0.931 bits per heavy atom. The molecule has 0 N–H and O–H groups in total. The van der Waals surface area contributed by atoms with Crippen LogP contribution in [0.1, 0.15) is 17.0 Å². The van der Waals surface area contributed by atoms with E-state index in [0.29, 0.717) is 11.6 Å². The Kier molecular flexibility index (Phi) is 5.47. The number of hydrazone groups is 1. The van der Waals surface area contributed by atoms with Crippen LogP contribution in [0.25, 0.3) is 0 Å². The van der Waals surface area contributed by atoms with E-state index in [1.807, 2.05) is 54.6 Å². The number of nitrogens with zero attached hydrogens (tertiary/aromatic N) is 3. The fourth-order valence-electron chi connectivity index (χ4n) is 3.19. The van der Waals surface area contributed by atoms with Crippen LogP contribution in [0.2, 0.25) is 5.02 Å². The van der Waals surface area contributed by atoms with Gasteiger partial charge in [-0.1, -0.05) is 72.3 Å². The molecule has 3 aromatic rings. The minimum absolute atomic E-state index is 0.0109. The third kappa shape index (κ3) is 4.39. The Labute approximate surface area is 175 Å². The molecule has 4 rings (SSSR count). The lowest BCUT2D eigenvalue weighted by molar-refractivity contribution is 0.489. The van der Waals surface area contributed by atoms with Crippen LogP contribution in [-0.2, 0) is 10.0 Å². The van der Waals surface area contributed by atoms with E-state index in [1.165, 1.54) is 18.5 Å². The van der Waals surface area contributed by atoms with Crippen LogP contribution in [0, 0.1) is 0 Å². The third-order valence-corrected chi connectivity index (χ3v) is 6.13. The molecule has 1 atom stereocenters. The van der Waals surface area contributed by atoms with E-state index in [0.717, 1.165) is 16.8 Å². The standard InChI is InChI=1S/C22H18ClN3O2S/c23-19-13-11-18(12-14-19)22-21(17-7-3-1-4-8-17)15-26(25-22)16-24-29(27,28)20-9-5-2-6-10-20/h1-14,16,21H,15H2/b24-16+. The van der Waals surface area contributed by atoms with E-state index in [1.54, 1.807) is 23.2 Å². The molecule has 0 radical (unpaired) electrons. The van der Waals surface area contributed by atoms with Crippen LogP contribution in [0.4, 0.5) is 0 Å². The van der Waals surface area contributed by atoms with Crippen LogP contribution in [0.5, 0.6) is 0 Å². The summed E-state index contributed by atoms with van der Waals surface area (Å²) in [5, 5.41) is 6.86. The quantitative estimate of drug-likeness (QED) is 0.446. The first-order valence-corrected chi connectivity index (χ1v) is 10.9. The Hall–Kier alpha value is -2.96. The molecule has 1 aliphatic heterocycles. The Bertz CT molecular complexity index is 1150. The molecule has 1 unspecified atom stereocenters. The highest BCUT2D eigenvalue weighted by atomic mass is 35.5. The second kappa shape index (κ2) is 8.19. The summed E-state index contributed by atoms with van der Waals surface area (Å²) in [6.07, 6.45) is 1.28. The molecule has 7 heteroatoms. The van der Waals surface area contributed by atoms with Crippen LogP contribution < -0.4 is 0 Å². The first kappa shape index (κ1) is 19.4. The topological polar surface area (TPSA) is 62.1 Å². The first-order valence-electron chi connectivity index (χ1n) is 9.04. The molecule has 1 heterocycles.